The van der Waals surface area contributed by atoms with Gasteiger partial charge in [-0.2, -0.15) is 0 Å². The molecular formula is C26H50P5+. The summed E-state index contributed by atoms with van der Waals surface area (Å²) in [4.78, 5) is 0. The first-order chi connectivity index (χ1) is 15.2. The van der Waals surface area contributed by atoms with Crippen molar-refractivity contribution in [3.63, 3.8) is 0 Å². The lowest BCUT2D eigenvalue weighted by atomic mass is 10.0. The molecule has 5 heteroatoms. The van der Waals surface area contributed by atoms with Crippen molar-refractivity contribution in [1.29, 1.82) is 0 Å². The van der Waals surface area contributed by atoms with Crippen LogP contribution in [0.5, 0.6) is 0 Å². The zero-order valence-electron chi connectivity index (χ0n) is 20.7. The Balaban J connectivity index is 1.54. The van der Waals surface area contributed by atoms with E-state index < -0.39 is 6.64 Å². The van der Waals surface area contributed by atoms with Gasteiger partial charge in [0, 0.05) is 11.3 Å². The Morgan fingerprint density at radius 3 is 0.935 bits per heavy atom. The standard InChI is InChI=1S/C26H50P5/c1-31(2)29(25-19-11-5-12-20-25)27(23-15-7-3-8-16-23)28(24-17-9-4-10-18-24)30(31)26-21-13-6-14-22-26/h23-26H,3-22H2,1-2H3/q+1/t27-,28-,29-,30+/m0/s1. The second-order valence-corrected chi connectivity index (χ2v) is 41.0. The summed E-state index contributed by atoms with van der Waals surface area (Å²) < 4.78 is 0. The van der Waals surface area contributed by atoms with E-state index in [0.717, 1.165) is 0 Å². The molecule has 1 saturated heterocycles. The van der Waals surface area contributed by atoms with Gasteiger partial charge in [0.2, 0.25) is 0 Å². The Morgan fingerprint density at radius 1 is 0.387 bits per heavy atom. The third-order valence-electron chi connectivity index (χ3n) is 9.24. The van der Waals surface area contributed by atoms with Crippen molar-refractivity contribution in [3.8, 4) is 0 Å². The molecule has 0 spiro atoms. The summed E-state index contributed by atoms with van der Waals surface area (Å²) in [7, 11) is 1.66. The third-order valence-corrected chi connectivity index (χ3v) is 63.1. The van der Waals surface area contributed by atoms with Gasteiger partial charge in [0.15, 0.2) is 0 Å². The average Bonchev–Trinajstić information content (AvgIpc) is 3.08. The molecule has 5 fully saturated rings. The lowest BCUT2D eigenvalue weighted by Crippen LogP contribution is -2.16. The van der Waals surface area contributed by atoms with Gasteiger partial charge in [-0.15, -0.1) is 0 Å². The molecule has 1 aliphatic heterocycles. The molecule has 0 aromatic rings. The molecule has 0 aromatic heterocycles. The van der Waals surface area contributed by atoms with Crippen molar-refractivity contribution in [2.45, 2.75) is 151 Å². The van der Waals surface area contributed by atoms with Crippen LogP contribution in [0, 0.1) is 0 Å². The zero-order valence-corrected chi connectivity index (χ0v) is 25.2. The smallest absolute Gasteiger partial charge is 0.0533 e. The first-order valence-corrected chi connectivity index (χ1v) is 26.0. The molecule has 0 unspecified atom stereocenters. The average molecular weight is 518 g/mol. The molecule has 0 radical (unpaired) electrons. The van der Waals surface area contributed by atoms with Crippen LogP contribution in [0.2, 0.25) is 0 Å². The zero-order chi connectivity index (χ0) is 21.3. The molecule has 178 valence electrons. The van der Waals surface area contributed by atoms with Gasteiger partial charge in [-0.3, -0.25) is 0 Å². The van der Waals surface area contributed by atoms with E-state index in [2.05, 4.69) is 13.3 Å². The molecule has 0 amide bonds. The lowest BCUT2D eigenvalue weighted by molar-refractivity contribution is 0.507. The maximum Gasteiger partial charge on any atom is 0.0891 e. The predicted molar refractivity (Wildman–Crippen MR) is 154 cm³/mol. The Labute approximate surface area is 199 Å². The quantitative estimate of drug-likeness (QED) is 0.325. The summed E-state index contributed by atoms with van der Waals surface area (Å²) in [6.45, 7) is 5.34. The first kappa shape index (κ1) is 24.8. The van der Waals surface area contributed by atoms with E-state index in [0.29, 0.717) is 29.2 Å². The van der Waals surface area contributed by atoms with E-state index in [1.165, 1.54) is 22.6 Å². The highest BCUT2D eigenvalue weighted by Gasteiger charge is 2.68. The molecular weight excluding hydrogens is 467 g/mol. The topological polar surface area (TPSA) is 0 Å². The molecule has 0 nitrogen and oxygen atoms in total. The van der Waals surface area contributed by atoms with Crippen molar-refractivity contribution in [2.24, 2.45) is 0 Å². The van der Waals surface area contributed by atoms with E-state index >= 15 is 0 Å². The molecule has 0 N–H and O–H groups in total. The van der Waals surface area contributed by atoms with Gasteiger partial charge in [0.05, 0.1) is 34.6 Å². The van der Waals surface area contributed by atoms with E-state index in [4.69, 9.17) is 0 Å². The highest BCUT2D eigenvalue weighted by Crippen LogP contribution is 3.28. The van der Waals surface area contributed by atoms with Gasteiger partial charge in [0.25, 0.3) is 0 Å². The minimum absolute atomic E-state index is 0.412. The Kier molecular flexibility index (Phi) is 9.19. The molecule has 5 rings (SSSR count). The second-order valence-electron chi connectivity index (χ2n) is 11.8. The van der Waals surface area contributed by atoms with Gasteiger partial charge < -0.3 is 0 Å². The summed E-state index contributed by atoms with van der Waals surface area (Å²) in [5.41, 5.74) is 4.98. The number of hydrogen-bond donors (Lipinski definition) is 0. The van der Waals surface area contributed by atoms with Gasteiger partial charge in [0.1, 0.15) is 0 Å². The van der Waals surface area contributed by atoms with Gasteiger partial charge in [-0.05, 0) is 77.3 Å². The van der Waals surface area contributed by atoms with Gasteiger partial charge in [-0.1, -0.05) is 77.0 Å². The van der Waals surface area contributed by atoms with Crippen LogP contribution in [0.1, 0.15) is 128 Å². The van der Waals surface area contributed by atoms with Crippen LogP contribution in [-0.4, -0.2) is 36.0 Å². The van der Waals surface area contributed by atoms with Crippen molar-refractivity contribution < 1.29 is 0 Å². The molecule has 4 saturated carbocycles. The fraction of sp³-hybridized carbons (Fsp3) is 1.00. The highest BCUT2D eigenvalue weighted by molar-refractivity contribution is 9.12. The molecule has 0 aromatic carbocycles. The van der Waals surface area contributed by atoms with Crippen LogP contribution in [0.3, 0.4) is 0 Å². The monoisotopic (exact) mass is 517 g/mol. The molecule has 31 heavy (non-hydrogen) atoms. The molecule has 4 aliphatic carbocycles. The Morgan fingerprint density at radius 2 is 0.645 bits per heavy atom. The second kappa shape index (κ2) is 11.5. The third kappa shape index (κ3) is 5.32. The van der Waals surface area contributed by atoms with Crippen LogP contribution in [0.4, 0.5) is 0 Å². The molecule has 5 aliphatic rings. The van der Waals surface area contributed by atoms with E-state index in [1.54, 1.807) is 128 Å². The van der Waals surface area contributed by atoms with Crippen LogP contribution < -0.4 is 0 Å². The molecule has 4 atom stereocenters. The normalized spacial score (nSPS) is 39.7. The van der Waals surface area contributed by atoms with Crippen LogP contribution in [0.25, 0.3) is 0 Å². The number of rotatable bonds is 4. The maximum absolute atomic E-state index is 3.02. The summed E-state index contributed by atoms with van der Waals surface area (Å²) in [6, 6.07) is 0. The Bertz CT molecular complexity index is 508. The Hall–Kier alpha value is 2.15. The molecule has 0 bridgehead atoms. The highest BCUT2D eigenvalue weighted by atomic mass is 33.0. The SMILES string of the molecule is C[P+]1(C)[P@](C2CCCCC2)[P@@](C2CCCCC2)[P@](C2CCCCC2)[P@]1C1CCCCC1. The van der Waals surface area contributed by atoms with Crippen LogP contribution in [0.15, 0.2) is 0 Å². The summed E-state index contributed by atoms with van der Waals surface area (Å²) in [5, 5.41) is 0. The van der Waals surface area contributed by atoms with E-state index in [1.807, 2.05) is 0 Å². The lowest BCUT2D eigenvalue weighted by Gasteiger charge is -2.41. The molecule has 1 heterocycles. The van der Waals surface area contributed by atoms with Gasteiger partial charge >= 0.3 is 0 Å². The minimum Gasteiger partial charge on any atom is -0.0533 e. The largest absolute Gasteiger partial charge is 0.0891 e. The summed E-state index contributed by atoms with van der Waals surface area (Å²) in [5.74, 6) is 0. The van der Waals surface area contributed by atoms with Crippen LogP contribution in [-0.2, 0) is 0 Å². The van der Waals surface area contributed by atoms with Crippen molar-refractivity contribution in [1.82, 2.24) is 0 Å². The van der Waals surface area contributed by atoms with Crippen molar-refractivity contribution in [2.75, 3.05) is 13.3 Å². The fourth-order valence-corrected chi connectivity index (χ4v) is 98.5. The predicted octanol–water partition coefficient (Wildman–Crippen LogP) is 12.1. The van der Waals surface area contributed by atoms with E-state index in [-0.39, 0.29) is 0 Å². The summed E-state index contributed by atoms with van der Waals surface area (Å²) in [6.07, 6.45) is 32.4. The maximum atomic E-state index is 3.02. The minimum atomic E-state index is -0.709. The number of hydrogen-bond acceptors (Lipinski definition) is 0. The van der Waals surface area contributed by atoms with E-state index in [9.17, 15) is 0 Å². The van der Waals surface area contributed by atoms with Crippen molar-refractivity contribution in [3.05, 3.63) is 0 Å². The van der Waals surface area contributed by atoms with Crippen molar-refractivity contribution >= 4 is 35.8 Å². The first-order valence-electron chi connectivity index (χ1n) is 14.2. The van der Waals surface area contributed by atoms with Crippen LogP contribution >= 0.6 is 35.8 Å². The fourth-order valence-electron chi connectivity index (χ4n) is 7.78. The van der Waals surface area contributed by atoms with Gasteiger partial charge in [-0.25, -0.2) is 0 Å². The summed E-state index contributed by atoms with van der Waals surface area (Å²) >= 11 is 0.